The third-order valence-corrected chi connectivity index (χ3v) is 3.61. The van der Waals surface area contributed by atoms with Gasteiger partial charge in [0.2, 0.25) is 0 Å². The van der Waals surface area contributed by atoms with Gasteiger partial charge in [0.25, 0.3) is 5.91 Å². The van der Waals surface area contributed by atoms with Crippen molar-refractivity contribution in [2.24, 2.45) is 0 Å². The number of nitrogens with one attached hydrogen (secondary N) is 1. The van der Waals surface area contributed by atoms with Crippen LogP contribution in [0, 0.1) is 0 Å². The summed E-state index contributed by atoms with van der Waals surface area (Å²) in [6.45, 7) is 2.15. The minimum Gasteiger partial charge on any atom is -0.397 e. The number of anilines is 1. The number of amides is 1. The van der Waals surface area contributed by atoms with E-state index >= 15 is 0 Å². The van der Waals surface area contributed by atoms with Gasteiger partial charge in [0, 0.05) is 12.7 Å². The summed E-state index contributed by atoms with van der Waals surface area (Å²) in [7, 11) is 0. The van der Waals surface area contributed by atoms with Crippen molar-refractivity contribution < 1.29 is 19.7 Å². The van der Waals surface area contributed by atoms with Crippen LogP contribution in [-0.4, -0.2) is 55.5 Å². The Morgan fingerprint density at radius 1 is 1.45 bits per heavy atom. The quantitative estimate of drug-likeness (QED) is 0.557. The van der Waals surface area contributed by atoms with Gasteiger partial charge >= 0.3 is 0 Å². The van der Waals surface area contributed by atoms with Crippen molar-refractivity contribution in [1.82, 2.24) is 19.9 Å². The maximum absolute atomic E-state index is 11.9. The molecule has 1 amide bonds. The van der Waals surface area contributed by atoms with E-state index in [1.807, 2.05) is 0 Å². The number of aliphatic hydroxyl groups excluding tert-OH is 2. The molecule has 22 heavy (non-hydrogen) atoms. The molecule has 118 valence electrons. The fraction of sp³-hybridized carbons (Fsp3) is 0.462. The molecule has 1 saturated heterocycles. The summed E-state index contributed by atoms with van der Waals surface area (Å²) in [5.74, 6) is -0.478. The van der Waals surface area contributed by atoms with Gasteiger partial charge in [0.1, 0.15) is 17.7 Å². The van der Waals surface area contributed by atoms with Gasteiger partial charge in [0.15, 0.2) is 18.0 Å². The fourth-order valence-electron chi connectivity index (χ4n) is 2.52. The predicted molar refractivity (Wildman–Crippen MR) is 76.5 cm³/mol. The zero-order valence-electron chi connectivity index (χ0n) is 11.9. The number of hydrogen-bond donors (Lipinski definition) is 4. The lowest BCUT2D eigenvalue weighted by Crippen LogP contribution is -2.42. The van der Waals surface area contributed by atoms with Gasteiger partial charge in [-0.2, -0.15) is 0 Å². The summed E-state index contributed by atoms with van der Waals surface area (Å²) in [5.41, 5.74) is 7.13. The number of nitrogens with two attached hydrogens (primary N) is 1. The Kier molecular flexibility index (Phi) is 3.69. The van der Waals surface area contributed by atoms with E-state index in [-0.39, 0.29) is 0 Å². The molecule has 1 fully saturated rings. The number of rotatable bonds is 3. The topological polar surface area (TPSA) is 136 Å². The largest absolute Gasteiger partial charge is 0.397 e. The summed E-state index contributed by atoms with van der Waals surface area (Å²) in [6.07, 6.45) is -1.83. The molecule has 2 aromatic heterocycles. The van der Waals surface area contributed by atoms with Gasteiger partial charge in [0.05, 0.1) is 12.0 Å². The lowest BCUT2D eigenvalue weighted by atomic mass is 10.1. The molecule has 0 spiro atoms. The van der Waals surface area contributed by atoms with Crippen LogP contribution in [0.2, 0.25) is 0 Å². The molecule has 0 radical (unpaired) electrons. The molecule has 5 N–H and O–H groups in total. The van der Waals surface area contributed by atoms with E-state index in [0.717, 1.165) is 0 Å². The smallest absolute Gasteiger partial charge is 0.252 e. The second-order valence-corrected chi connectivity index (χ2v) is 5.05. The van der Waals surface area contributed by atoms with Crippen molar-refractivity contribution in [2.45, 2.75) is 31.5 Å². The monoisotopic (exact) mass is 307 g/mol. The number of hydrogen-bond acceptors (Lipinski definition) is 7. The molecule has 0 saturated carbocycles. The summed E-state index contributed by atoms with van der Waals surface area (Å²) < 4.78 is 6.98. The molecular weight excluding hydrogens is 290 g/mol. The molecule has 3 heterocycles. The lowest BCUT2D eigenvalue weighted by Gasteiger charge is -2.16. The second kappa shape index (κ2) is 5.52. The van der Waals surface area contributed by atoms with Crippen molar-refractivity contribution in [1.29, 1.82) is 0 Å². The van der Waals surface area contributed by atoms with Gasteiger partial charge in [-0.3, -0.25) is 9.36 Å². The summed E-state index contributed by atoms with van der Waals surface area (Å²) >= 11 is 0. The number of imidazole rings is 1. The Morgan fingerprint density at radius 3 is 2.95 bits per heavy atom. The molecule has 3 rings (SSSR count). The normalized spacial score (nSPS) is 28.1. The number of fused-ring (bicyclic) bond motifs is 1. The lowest BCUT2D eigenvalue weighted by molar-refractivity contribution is -0.137. The molecule has 0 aromatic carbocycles. The zero-order chi connectivity index (χ0) is 15.9. The first-order valence-electron chi connectivity index (χ1n) is 6.91. The van der Waals surface area contributed by atoms with Crippen LogP contribution in [0.3, 0.4) is 0 Å². The van der Waals surface area contributed by atoms with Crippen molar-refractivity contribution in [2.75, 3.05) is 12.3 Å². The van der Waals surface area contributed by atoms with Gasteiger partial charge in [-0.05, 0) is 13.0 Å². The Balaban J connectivity index is 1.94. The van der Waals surface area contributed by atoms with Crippen LogP contribution in [0.25, 0.3) is 11.2 Å². The standard InChI is InChI=1S/C13H17N5O4/c1-2-15-12(21)10-8(19)9(20)13(22-10)18-5-17-7-6(14)3-4-16-11(7)18/h3-5,8-10,13,19-20H,2H2,1H3,(H2,14,16)(H,15,21)/t8-,9+,10-,13+/m0/s1. The van der Waals surface area contributed by atoms with Crippen LogP contribution >= 0.6 is 0 Å². The van der Waals surface area contributed by atoms with Crippen LogP contribution in [0.5, 0.6) is 0 Å². The molecule has 0 bridgehead atoms. The molecule has 4 atom stereocenters. The van der Waals surface area contributed by atoms with Crippen molar-refractivity contribution >= 4 is 22.8 Å². The van der Waals surface area contributed by atoms with Crippen molar-refractivity contribution in [3.8, 4) is 0 Å². The maximum Gasteiger partial charge on any atom is 0.252 e. The van der Waals surface area contributed by atoms with E-state index in [2.05, 4.69) is 15.3 Å². The van der Waals surface area contributed by atoms with Gasteiger partial charge in [-0.25, -0.2) is 9.97 Å². The number of likely N-dealkylation sites (N-methyl/N-ethyl adjacent to an activating group) is 1. The van der Waals surface area contributed by atoms with Gasteiger partial charge in [-0.15, -0.1) is 0 Å². The van der Waals surface area contributed by atoms with Gasteiger partial charge in [-0.1, -0.05) is 0 Å². The molecule has 1 aliphatic rings. The van der Waals surface area contributed by atoms with Crippen LogP contribution in [0.4, 0.5) is 5.69 Å². The second-order valence-electron chi connectivity index (χ2n) is 5.05. The molecule has 0 aliphatic carbocycles. The zero-order valence-corrected chi connectivity index (χ0v) is 11.9. The number of pyridine rings is 1. The highest BCUT2D eigenvalue weighted by atomic mass is 16.6. The van der Waals surface area contributed by atoms with E-state index in [4.69, 9.17) is 10.5 Å². The third-order valence-electron chi connectivity index (χ3n) is 3.61. The van der Waals surface area contributed by atoms with Crippen LogP contribution in [0.15, 0.2) is 18.6 Å². The number of aromatic nitrogens is 3. The first-order valence-corrected chi connectivity index (χ1v) is 6.91. The highest BCUT2D eigenvalue weighted by molar-refractivity contribution is 5.84. The molecule has 0 unspecified atom stereocenters. The Labute approximate surface area is 125 Å². The third kappa shape index (κ3) is 2.19. The Bertz CT molecular complexity index is 703. The first-order chi connectivity index (χ1) is 10.5. The van der Waals surface area contributed by atoms with Crippen LogP contribution in [0.1, 0.15) is 13.2 Å². The predicted octanol–water partition coefficient (Wildman–Crippen LogP) is -1.23. The minimum absolute atomic E-state index is 0.401. The summed E-state index contributed by atoms with van der Waals surface area (Å²) in [5, 5.41) is 22.8. The Hall–Kier alpha value is -2.23. The van der Waals surface area contributed by atoms with Crippen molar-refractivity contribution in [3.63, 3.8) is 0 Å². The molecule has 1 aliphatic heterocycles. The average molecular weight is 307 g/mol. The maximum atomic E-state index is 11.9. The number of carbonyl (C=O) groups is 1. The number of carbonyl (C=O) groups excluding carboxylic acids is 1. The Morgan fingerprint density at radius 2 is 2.23 bits per heavy atom. The minimum atomic E-state index is -1.34. The highest BCUT2D eigenvalue weighted by Gasteiger charge is 2.47. The summed E-state index contributed by atoms with van der Waals surface area (Å²) in [4.78, 5) is 20.2. The fourth-order valence-corrected chi connectivity index (χ4v) is 2.52. The molecule has 9 nitrogen and oxygen atoms in total. The van der Waals surface area contributed by atoms with Crippen molar-refractivity contribution in [3.05, 3.63) is 18.6 Å². The van der Waals surface area contributed by atoms with Crippen LogP contribution in [-0.2, 0) is 9.53 Å². The average Bonchev–Trinajstić information content (AvgIpc) is 3.03. The van der Waals surface area contributed by atoms with E-state index in [1.165, 1.54) is 17.1 Å². The molecule has 9 heteroatoms. The summed E-state index contributed by atoms with van der Waals surface area (Å²) in [6, 6.07) is 1.61. The number of aliphatic hydroxyl groups is 2. The van der Waals surface area contributed by atoms with E-state index in [0.29, 0.717) is 23.4 Å². The number of nitrogen functional groups attached to an aromatic ring is 1. The molecule has 2 aromatic rings. The van der Waals surface area contributed by atoms with E-state index < -0.39 is 30.4 Å². The number of nitrogens with zero attached hydrogens (tertiary/aromatic N) is 3. The van der Waals surface area contributed by atoms with Crippen LogP contribution < -0.4 is 11.1 Å². The van der Waals surface area contributed by atoms with Gasteiger partial charge < -0.3 is 26.0 Å². The first kappa shape index (κ1) is 14.7. The SMILES string of the molecule is CCNC(=O)[C@H]1O[C@@H](n2cnc3c(N)ccnc32)[C@H](O)[C@@H]1O. The van der Waals surface area contributed by atoms with E-state index in [1.54, 1.807) is 13.0 Å². The van der Waals surface area contributed by atoms with E-state index in [9.17, 15) is 15.0 Å². The number of ether oxygens (including phenoxy) is 1. The molecular formula is C13H17N5O4. The highest BCUT2D eigenvalue weighted by Crippen LogP contribution is 2.32.